The van der Waals surface area contributed by atoms with Crippen molar-refractivity contribution in [3.8, 4) is 0 Å². The van der Waals surface area contributed by atoms with Crippen molar-refractivity contribution in [2.75, 3.05) is 11.1 Å². The standard InChI is InChI=1S/C13H16BrNO3S/c1-9-6-10(14)8-11(7-9)15-13(16)12-4-2-3-5-19(12,17)18/h6-8,12H,2-5H2,1H3,(H,15,16). The fourth-order valence-corrected chi connectivity index (χ4v) is 4.69. The summed E-state index contributed by atoms with van der Waals surface area (Å²) >= 11 is 3.35. The monoisotopic (exact) mass is 345 g/mol. The van der Waals surface area contributed by atoms with E-state index in [4.69, 9.17) is 0 Å². The number of hydrogen-bond acceptors (Lipinski definition) is 3. The molecule has 1 amide bonds. The second-order valence-corrected chi connectivity index (χ2v) is 8.08. The third-order valence-corrected chi connectivity index (χ3v) is 5.81. The Morgan fingerprint density at radius 1 is 1.32 bits per heavy atom. The van der Waals surface area contributed by atoms with Gasteiger partial charge in [-0.05, 0) is 43.5 Å². The van der Waals surface area contributed by atoms with Gasteiger partial charge in [0, 0.05) is 10.2 Å². The fourth-order valence-electron chi connectivity index (χ4n) is 2.28. The molecule has 0 aromatic heterocycles. The molecule has 4 nitrogen and oxygen atoms in total. The van der Waals surface area contributed by atoms with Crippen molar-refractivity contribution in [3.05, 3.63) is 28.2 Å². The largest absolute Gasteiger partial charge is 0.325 e. The molecule has 104 valence electrons. The molecule has 19 heavy (non-hydrogen) atoms. The number of sulfone groups is 1. The van der Waals surface area contributed by atoms with Crippen molar-refractivity contribution < 1.29 is 13.2 Å². The molecule has 1 unspecified atom stereocenters. The highest BCUT2D eigenvalue weighted by Crippen LogP contribution is 2.23. The molecule has 0 aliphatic carbocycles. The summed E-state index contributed by atoms with van der Waals surface area (Å²) < 4.78 is 24.6. The highest BCUT2D eigenvalue weighted by molar-refractivity contribution is 9.10. The number of rotatable bonds is 2. The number of nitrogens with one attached hydrogen (secondary N) is 1. The van der Waals surface area contributed by atoms with Crippen LogP contribution in [-0.2, 0) is 14.6 Å². The van der Waals surface area contributed by atoms with E-state index in [1.54, 1.807) is 6.07 Å². The van der Waals surface area contributed by atoms with Crippen molar-refractivity contribution in [1.82, 2.24) is 0 Å². The van der Waals surface area contributed by atoms with Gasteiger partial charge in [-0.3, -0.25) is 4.79 Å². The highest BCUT2D eigenvalue weighted by Gasteiger charge is 2.34. The number of carbonyl (C=O) groups is 1. The minimum absolute atomic E-state index is 0.114. The number of benzene rings is 1. The molecule has 2 rings (SSSR count). The number of hydrogen-bond donors (Lipinski definition) is 1. The van der Waals surface area contributed by atoms with Crippen LogP contribution in [0.3, 0.4) is 0 Å². The summed E-state index contributed by atoms with van der Waals surface area (Å²) in [5.74, 6) is -0.306. The molecule has 0 bridgehead atoms. The molecule has 1 N–H and O–H groups in total. The third kappa shape index (κ3) is 3.57. The van der Waals surface area contributed by atoms with Gasteiger partial charge in [0.2, 0.25) is 5.91 Å². The topological polar surface area (TPSA) is 63.2 Å². The lowest BCUT2D eigenvalue weighted by Gasteiger charge is -2.21. The van der Waals surface area contributed by atoms with E-state index in [2.05, 4.69) is 21.2 Å². The molecule has 1 saturated heterocycles. The molecule has 0 radical (unpaired) electrons. The van der Waals surface area contributed by atoms with E-state index in [0.717, 1.165) is 16.5 Å². The first kappa shape index (κ1) is 14.5. The van der Waals surface area contributed by atoms with Crippen LogP contribution in [0.5, 0.6) is 0 Å². The van der Waals surface area contributed by atoms with E-state index < -0.39 is 21.0 Å². The molecule has 1 atom stereocenters. The zero-order valence-corrected chi connectivity index (χ0v) is 13.1. The van der Waals surface area contributed by atoms with Crippen LogP contribution in [-0.4, -0.2) is 25.3 Å². The van der Waals surface area contributed by atoms with Gasteiger partial charge in [0.1, 0.15) is 5.25 Å². The van der Waals surface area contributed by atoms with Gasteiger partial charge in [0.25, 0.3) is 0 Å². The second-order valence-electron chi connectivity index (χ2n) is 4.86. The fraction of sp³-hybridized carbons (Fsp3) is 0.462. The summed E-state index contributed by atoms with van der Waals surface area (Å²) in [5.41, 5.74) is 1.62. The van der Waals surface area contributed by atoms with Gasteiger partial charge in [-0.2, -0.15) is 0 Å². The van der Waals surface area contributed by atoms with Gasteiger partial charge in [-0.1, -0.05) is 22.4 Å². The van der Waals surface area contributed by atoms with Crippen LogP contribution in [0.25, 0.3) is 0 Å². The maximum atomic E-state index is 12.1. The summed E-state index contributed by atoms with van der Waals surface area (Å²) in [4.78, 5) is 12.1. The van der Waals surface area contributed by atoms with Gasteiger partial charge in [0.05, 0.1) is 5.75 Å². The molecule has 0 spiro atoms. The van der Waals surface area contributed by atoms with Crippen molar-refractivity contribution in [3.63, 3.8) is 0 Å². The van der Waals surface area contributed by atoms with Gasteiger partial charge in [0.15, 0.2) is 9.84 Å². The first-order valence-corrected chi connectivity index (χ1v) is 8.69. The minimum atomic E-state index is -3.29. The molecule has 0 saturated carbocycles. The van der Waals surface area contributed by atoms with Crippen LogP contribution in [0.1, 0.15) is 24.8 Å². The lowest BCUT2D eigenvalue weighted by atomic mass is 10.1. The molecular weight excluding hydrogens is 330 g/mol. The summed E-state index contributed by atoms with van der Waals surface area (Å²) in [7, 11) is -3.29. The van der Waals surface area contributed by atoms with E-state index in [1.807, 2.05) is 19.1 Å². The number of carbonyl (C=O) groups excluding carboxylic acids is 1. The third-order valence-electron chi connectivity index (χ3n) is 3.18. The number of halogens is 1. The van der Waals surface area contributed by atoms with Crippen molar-refractivity contribution in [2.45, 2.75) is 31.4 Å². The Kier molecular flexibility index (Phi) is 4.30. The van der Waals surface area contributed by atoms with Crippen LogP contribution in [0.4, 0.5) is 5.69 Å². The summed E-state index contributed by atoms with van der Waals surface area (Å²) in [6, 6.07) is 5.51. The van der Waals surface area contributed by atoms with Gasteiger partial charge < -0.3 is 5.32 Å². The Labute approximate surface area is 121 Å². The van der Waals surface area contributed by atoms with Gasteiger partial charge in [-0.15, -0.1) is 0 Å². The molecule has 1 aliphatic rings. The Hall–Kier alpha value is -0.880. The van der Waals surface area contributed by atoms with E-state index >= 15 is 0 Å². The Morgan fingerprint density at radius 2 is 2.05 bits per heavy atom. The molecular formula is C13H16BrNO3S. The predicted octanol–water partition coefficient (Wildman–Crippen LogP) is 2.66. The average Bonchev–Trinajstić information content (AvgIpc) is 2.26. The summed E-state index contributed by atoms with van der Waals surface area (Å²) in [6.45, 7) is 1.91. The Morgan fingerprint density at radius 3 is 2.68 bits per heavy atom. The normalized spacial score (nSPS) is 21.9. The summed E-state index contributed by atoms with van der Waals surface area (Å²) in [5, 5.41) is 1.80. The number of anilines is 1. The molecule has 1 heterocycles. The van der Waals surface area contributed by atoms with Crippen LogP contribution in [0, 0.1) is 6.92 Å². The zero-order chi connectivity index (χ0) is 14.0. The highest BCUT2D eigenvalue weighted by atomic mass is 79.9. The van der Waals surface area contributed by atoms with Crippen LogP contribution in [0.15, 0.2) is 22.7 Å². The van der Waals surface area contributed by atoms with Crippen molar-refractivity contribution in [2.24, 2.45) is 0 Å². The lowest BCUT2D eigenvalue weighted by molar-refractivity contribution is -0.116. The van der Waals surface area contributed by atoms with Crippen molar-refractivity contribution >= 4 is 37.4 Å². The average molecular weight is 346 g/mol. The molecule has 1 aliphatic heterocycles. The Balaban J connectivity index is 2.16. The SMILES string of the molecule is Cc1cc(Br)cc(NC(=O)C2CCCCS2(=O)=O)c1. The molecule has 1 fully saturated rings. The van der Waals surface area contributed by atoms with E-state index in [1.165, 1.54) is 0 Å². The first-order chi connectivity index (χ1) is 8.88. The lowest BCUT2D eigenvalue weighted by Crippen LogP contribution is -2.39. The van der Waals surface area contributed by atoms with E-state index in [-0.39, 0.29) is 5.75 Å². The maximum Gasteiger partial charge on any atom is 0.242 e. The number of aryl methyl sites for hydroxylation is 1. The number of amides is 1. The van der Waals surface area contributed by atoms with E-state index in [9.17, 15) is 13.2 Å². The second kappa shape index (κ2) is 5.63. The molecule has 6 heteroatoms. The summed E-state index contributed by atoms with van der Waals surface area (Å²) in [6.07, 6.45) is 1.86. The zero-order valence-electron chi connectivity index (χ0n) is 10.6. The van der Waals surface area contributed by atoms with Gasteiger partial charge in [-0.25, -0.2) is 8.42 Å². The molecule has 1 aromatic carbocycles. The Bertz CT molecular complexity index is 578. The smallest absolute Gasteiger partial charge is 0.242 e. The van der Waals surface area contributed by atoms with Gasteiger partial charge >= 0.3 is 0 Å². The van der Waals surface area contributed by atoms with Crippen LogP contribution < -0.4 is 5.32 Å². The maximum absolute atomic E-state index is 12.1. The van der Waals surface area contributed by atoms with Crippen molar-refractivity contribution in [1.29, 1.82) is 0 Å². The van der Waals surface area contributed by atoms with Crippen LogP contribution >= 0.6 is 15.9 Å². The minimum Gasteiger partial charge on any atom is -0.325 e. The first-order valence-electron chi connectivity index (χ1n) is 6.18. The quantitative estimate of drug-likeness (QED) is 0.896. The van der Waals surface area contributed by atoms with Crippen LogP contribution in [0.2, 0.25) is 0 Å². The molecule has 1 aromatic rings. The van der Waals surface area contributed by atoms with E-state index in [0.29, 0.717) is 18.5 Å². The predicted molar refractivity (Wildman–Crippen MR) is 78.9 cm³/mol.